The van der Waals surface area contributed by atoms with Gasteiger partial charge in [0.1, 0.15) is 11.9 Å². The van der Waals surface area contributed by atoms with E-state index in [9.17, 15) is 9.18 Å². The van der Waals surface area contributed by atoms with Crippen LogP contribution in [0.1, 0.15) is 25.7 Å². The van der Waals surface area contributed by atoms with Crippen LogP contribution in [0.5, 0.6) is 0 Å². The summed E-state index contributed by atoms with van der Waals surface area (Å²) in [5.74, 6) is -0.281. The fraction of sp³-hybridized carbons (Fsp3) is 0.333. The standard InChI is InChI=1S/C15H17FN2O3/c1-2-3-12(15(19)20)17-9-14-18-8-13(21-14)10-4-6-11(16)7-5-10/h4-8,12,17H,2-3,9H2,1H3,(H,19,20). The molecule has 0 aliphatic rings. The number of rotatable bonds is 7. The minimum absolute atomic E-state index is 0.234. The van der Waals surface area contributed by atoms with Crippen LogP contribution in [0, 0.1) is 5.82 Å². The number of carboxylic acid groups (broad SMARTS) is 1. The molecule has 1 aromatic carbocycles. The summed E-state index contributed by atoms with van der Waals surface area (Å²) >= 11 is 0. The van der Waals surface area contributed by atoms with E-state index in [0.29, 0.717) is 18.1 Å². The Morgan fingerprint density at radius 2 is 2.14 bits per heavy atom. The zero-order chi connectivity index (χ0) is 15.2. The molecule has 6 heteroatoms. The molecule has 0 spiro atoms. The van der Waals surface area contributed by atoms with Gasteiger partial charge in [0.2, 0.25) is 5.89 Å². The normalized spacial score (nSPS) is 12.3. The van der Waals surface area contributed by atoms with Crippen molar-refractivity contribution in [2.75, 3.05) is 0 Å². The maximum atomic E-state index is 12.9. The number of carbonyl (C=O) groups is 1. The number of aromatic nitrogens is 1. The lowest BCUT2D eigenvalue weighted by Crippen LogP contribution is -2.36. The summed E-state index contributed by atoms with van der Waals surface area (Å²) in [5, 5.41) is 11.9. The van der Waals surface area contributed by atoms with Crippen LogP contribution in [0.4, 0.5) is 4.39 Å². The van der Waals surface area contributed by atoms with E-state index in [1.165, 1.54) is 12.1 Å². The van der Waals surface area contributed by atoms with Crippen molar-refractivity contribution in [3.63, 3.8) is 0 Å². The quantitative estimate of drug-likeness (QED) is 0.820. The largest absolute Gasteiger partial charge is 0.480 e. The molecule has 0 fully saturated rings. The zero-order valence-electron chi connectivity index (χ0n) is 11.7. The van der Waals surface area contributed by atoms with Crippen molar-refractivity contribution in [1.82, 2.24) is 10.3 Å². The summed E-state index contributed by atoms with van der Waals surface area (Å²) in [6, 6.07) is 5.28. The van der Waals surface area contributed by atoms with E-state index in [2.05, 4.69) is 10.3 Å². The fourth-order valence-electron chi connectivity index (χ4n) is 1.95. The predicted molar refractivity (Wildman–Crippen MR) is 75.1 cm³/mol. The molecule has 5 nitrogen and oxygen atoms in total. The first-order valence-electron chi connectivity index (χ1n) is 6.77. The van der Waals surface area contributed by atoms with E-state index in [0.717, 1.165) is 12.0 Å². The summed E-state index contributed by atoms with van der Waals surface area (Å²) in [5.41, 5.74) is 0.721. The first-order chi connectivity index (χ1) is 10.1. The van der Waals surface area contributed by atoms with E-state index < -0.39 is 12.0 Å². The van der Waals surface area contributed by atoms with Gasteiger partial charge in [-0.1, -0.05) is 13.3 Å². The molecule has 1 unspecified atom stereocenters. The highest BCUT2D eigenvalue weighted by molar-refractivity contribution is 5.73. The Morgan fingerprint density at radius 3 is 2.76 bits per heavy atom. The molecular weight excluding hydrogens is 275 g/mol. The lowest BCUT2D eigenvalue weighted by atomic mass is 10.2. The van der Waals surface area contributed by atoms with Crippen LogP contribution < -0.4 is 5.32 Å². The minimum atomic E-state index is -0.887. The second-order valence-corrected chi connectivity index (χ2v) is 4.69. The number of aliphatic carboxylic acids is 1. The monoisotopic (exact) mass is 292 g/mol. The van der Waals surface area contributed by atoms with Crippen LogP contribution in [-0.2, 0) is 11.3 Å². The van der Waals surface area contributed by atoms with Crippen LogP contribution >= 0.6 is 0 Å². The third-order valence-electron chi connectivity index (χ3n) is 3.06. The van der Waals surface area contributed by atoms with Crippen LogP contribution in [-0.4, -0.2) is 22.1 Å². The second kappa shape index (κ2) is 6.99. The topological polar surface area (TPSA) is 75.4 Å². The number of benzene rings is 1. The van der Waals surface area contributed by atoms with E-state index in [1.807, 2.05) is 6.92 Å². The molecule has 0 radical (unpaired) electrons. The van der Waals surface area contributed by atoms with Gasteiger partial charge in [0.15, 0.2) is 5.76 Å². The van der Waals surface area contributed by atoms with Gasteiger partial charge in [0.05, 0.1) is 12.7 Å². The molecule has 1 aromatic heterocycles. The van der Waals surface area contributed by atoms with Gasteiger partial charge in [0.25, 0.3) is 0 Å². The van der Waals surface area contributed by atoms with Gasteiger partial charge in [0, 0.05) is 5.56 Å². The Labute approximate surface area is 121 Å². The van der Waals surface area contributed by atoms with Gasteiger partial charge >= 0.3 is 5.97 Å². The summed E-state index contributed by atoms with van der Waals surface area (Å²) < 4.78 is 18.4. The lowest BCUT2D eigenvalue weighted by molar-refractivity contribution is -0.139. The number of nitrogens with zero attached hydrogens (tertiary/aromatic N) is 1. The van der Waals surface area contributed by atoms with Gasteiger partial charge in [-0.05, 0) is 30.7 Å². The van der Waals surface area contributed by atoms with E-state index in [4.69, 9.17) is 9.52 Å². The van der Waals surface area contributed by atoms with Crippen molar-refractivity contribution >= 4 is 5.97 Å². The summed E-state index contributed by atoms with van der Waals surface area (Å²) in [6.07, 6.45) is 2.86. The first kappa shape index (κ1) is 15.2. The molecule has 112 valence electrons. The molecule has 2 N–H and O–H groups in total. The molecule has 21 heavy (non-hydrogen) atoms. The Kier molecular flexibility index (Phi) is 5.05. The van der Waals surface area contributed by atoms with E-state index >= 15 is 0 Å². The number of hydrogen-bond acceptors (Lipinski definition) is 4. The summed E-state index contributed by atoms with van der Waals surface area (Å²) in [4.78, 5) is 15.1. The van der Waals surface area contributed by atoms with Crippen LogP contribution in [0.15, 0.2) is 34.9 Å². The Balaban J connectivity index is 2.00. The molecule has 2 rings (SSSR count). The molecule has 0 aliphatic carbocycles. The average molecular weight is 292 g/mol. The zero-order valence-corrected chi connectivity index (χ0v) is 11.7. The van der Waals surface area contributed by atoms with Crippen LogP contribution in [0.25, 0.3) is 11.3 Å². The van der Waals surface area contributed by atoms with Crippen molar-refractivity contribution in [3.05, 3.63) is 42.2 Å². The molecular formula is C15H17FN2O3. The average Bonchev–Trinajstić information content (AvgIpc) is 2.92. The van der Waals surface area contributed by atoms with Gasteiger partial charge in [-0.2, -0.15) is 0 Å². The third-order valence-corrected chi connectivity index (χ3v) is 3.06. The molecule has 1 heterocycles. The predicted octanol–water partition coefficient (Wildman–Crippen LogP) is 2.82. The Hall–Kier alpha value is -2.21. The highest BCUT2D eigenvalue weighted by atomic mass is 19.1. The van der Waals surface area contributed by atoms with E-state index in [-0.39, 0.29) is 12.4 Å². The SMILES string of the molecule is CCCC(NCc1ncc(-c2ccc(F)cc2)o1)C(=O)O. The number of hydrogen-bond donors (Lipinski definition) is 2. The van der Waals surface area contributed by atoms with Gasteiger partial charge in [-0.15, -0.1) is 0 Å². The van der Waals surface area contributed by atoms with Crippen LogP contribution in [0.3, 0.4) is 0 Å². The number of halogens is 1. The fourth-order valence-corrected chi connectivity index (χ4v) is 1.95. The van der Waals surface area contributed by atoms with Crippen molar-refractivity contribution in [1.29, 1.82) is 0 Å². The van der Waals surface area contributed by atoms with Gasteiger partial charge in [-0.3, -0.25) is 10.1 Å². The van der Waals surface area contributed by atoms with Gasteiger partial charge < -0.3 is 9.52 Å². The van der Waals surface area contributed by atoms with Crippen LogP contribution in [0.2, 0.25) is 0 Å². The summed E-state index contributed by atoms with van der Waals surface area (Å²) in [7, 11) is 0. The number of carboxylic acids is 1. The number of oxazole rings is 1. The van der Waals surface area contributed by atoms with Crippen molar-refractivity contribution in [2.24, 2.45) is 0 Å². The Bertz CT molecular complexity index is 595. The molecule has 0 saturated heterocycles. The number of nitrogens with one attached hydrogen (secondary N) is 1. The summed E-state index contributed by atoms with van der Waals surface area (Å²) in [6.45, 7) is 2.16. The van der Waals surface area contributed by atoms with Crippen molar-refractivity contribution < 1.29 is 18.7 Å². The van der Waals surface area contributed by atoms with Gasteiger partial charge in [-0.25, -0.2) is 9.37 Å². The van der Waals surface area contributed by atoms with Crippen molar-refractivity contribution in [2.45, 2.75) is 32.4 Å². The molecule has 2 aromatic rings. The molecule has 0 saturated carbocycles. The maximum absolute atomic E-state index is 12.9. The minimum Gasteiger partial charge on any atom is -0.480 e. The molecule has 0 amide bonds. The van der Waals surface area contributed by atoms with Crippen molar-refractivity contribution in [3.8, 4) is 11.3 Å². The highest BCUT2D eigenvalue weighted by Crippen LogP contribution is 2.20. The highest BCUT2D eigenvalue weighted by Gasteiger charge is 2.16. The first-order valence-corrected chi connectivity index (χ1v) is 6.77. The molecule has 0 bridgehead atoms. The smallest absolute Gasteiger partial charge is 0.320 e. The maximum Gasteiger partial charge on any atom is 0.320 e. The Morgan fingerprint density at radius 1 is 1.43 bits per heavy atom. The third kappa shape index (κ3) is 4.13. The molecule has 1 atom stereocenters. The molecule has 0 aliphatic heterocycles. The second-order valence-electron chi connectivity index (χ2n) is 4.69. The lowest BCUT2D eigenvalue weighted by Gasteiger charge is -2.11. The van der Waals surface area contributed by atoms with E-state index in [1.54, 1.807) is 18.3 Å².